The van der Waals surface area contributed by atoms with E-state index in [1.54, 1.807) is 0 Å². The largest absolute Gasteiger partial charge is 0.353 e. The molecule has 28 heavy (non-hydrogen) atoms. The first kappa shape index (κ1) is 17.4. The summed E-state index contributed by atoms with van der Waals surface area (Å²) in [6.45, 7) is 3.15. The second-order valence-corrected chi connectivity index (χ2v) is 7.93. The van der Waals surface area contributed by atoms with Gasteiger partial charge >= 0.3 is 0 Å². The van der Waals surface area contributed by atoms with Crippen LogP contribution < -0.4 is 4.90 Å². The number of nitrogens with zero attached hydrogens (tertiary/aromatic N) is 5. The van der Waals surface area contributed by atoms with E-state index < -0.39 is 0 Å². The molecule has 2 aromatic rings. The molecule has 2 aromatic heterocycles. The number of pyridine rings is 1. The molecule has 0 bridgehead atoms. The first-order valence-corrected chi connectivity index (χ1v) is 10.3. The summed E-state index contributed by atoms with van der Waals surface area (Å²) in [5.74, 6) is 3.23. The predicted octanol–water partition coefficient (Wildman–Crippen LogP) is 3.01. The molecule has 2 fully saturated rings. The molecule has 1 saturated carbocycles. The summed E-state index contributed by atoms with van der Waals surface area (Å²) in [6, 6.07) is 4.00. The molecule has 3 aliphatic rings. The lowest BCUT2D eigenvalue weighted by Crippen LogP contribution is -2.50. The van der Waals surface area contributed by atoms with Crippen LogP contribution in [-0.2, 0) is 4.79 Å². The van der Waals surface area contributed by atoms with Crippen molar-refractivity contribution in [3.05, 3.63) is 36.4 Å². The average Bonchev–Trinajstić information content (AvgIpc) is 3.51. The van der Waals surface area contributed by atoms with Crippen molar-refractivity contribution in [2.45, 2.75) is 38.0 Å². The molecule has 5 rings (SSSR count). The number of amides is 1. The molecule has 3 heterocycles. The van der Waals surface area contributed by atoms with Gasteiger partial charge in [0.1, 0.15) is 5.82 Å². The summed E-state index contributed by atoms with van der Waals surface area (Å²) < 4.78 is 5.33. The molecule has 1 atom stereocenters. The van der Waals surface area contributed by atoms with E-state index in [4.69, 9.17) is 4.52 Å². The third-order valence-corrected chi connectivity index (χ3v) is 5.91. The molecule has 0 aromatic carbocycles. The van der Waals surface area contributed by atoms with Gasteiger partial charge in [0, 0.05) is 49.8 Å². The van der Waals surface area contributed by atoms with Crippen LogP contribution in [0.15, 0.2) is 35.0 Å². The van der Waals surface area contributed by atoms with Crippen molar-refractivity contribution < 1.29 is 9.32 Å². The quantitative estimate of drug-likeness (QED) is 0.760. The third-order valence-electron chi connectivity index (χ3n) is 5.91. The number of carbonyl (C=O) groups is 1. The van der Waals surface area contributed by atoms with E-state index in [0.29, 0.717) is 17.6 Å². The molecule has 1 amide bonds. The summed E-state index contributed by atoms with van der Waals surface area (Å²) in [5, 5.41) is 4.07. The summed E-state index contributed by atoms with van der Waals surface area (Å²) in [5.41, 5.74) is 0.874. The fraction of sp³-hybridized carbons (Fsp3) is 0.524. The molecule has 1 unspecified atom stereocenters. The number of hydrogen-bond donors (Lipinski definition) is 0. The van der Waals surface area contributed by atoms with Crippen LogP contribution in [0.3, 0.4) is 0 Å². The van der Waals surface area contributed by atoms with Crippen molar-refractivity contribution in [1.29, 1.82) is 0 Å². The van der Waals surface area contributed by atoms with Gasteiger partial charge in [-0.15, -0.1) is 0 Å². The minimum Gasteiger partial charge on any atom is -0.353 e. The average molecular weight is 379 g/mol. The summed E-state index contributed by atoms with van der Waals surface area (Å²) in [7, 11) is 0. The van der Waals surface area contributed by atoms with Crippen LogP contribution in [0, 0.1) is 5.92 Å². The minimum atomic E-state index is 0.171. The van der Waals surface area contributed by atoms with Gasteiger partial charge < -0.3 is 14.3 Å². The molecule has 1 saturated heterocycles. The molecular formula is C21H25N5O2. The van der Waals surface area contributed by atoms with Crippen molar-refractivity contribution >= 4 is 11.7 Å². The van der Waals surface area contributed by atoms with E-state index in [1.165, 1.54) is 0 Å². The van der Waals surface area contributed by atoms with E-state index in [2.05, 4.69) is 32.2 Å². The number of rotatable bonds is 4. The Hall–Kier alpha value is -2.70. The van der Waals surface area contributed by atoms with Crippen LogP contribution in [0.4, 0.5) is 5.82 Å². The molecular weight excluding hydrogens is 354 g/mol. The summed E-state index contributed by atoms with van der Waals surface area (Å²) in [6.07, 6.45) is 11.3. The van der Waals surface area contributed by atoms with E-state index in [0.717, 1.165) is 75.6 Å². The number of anilines is 1. The van der Waals surface area contributed by atoms with E-state index in [9.17, 15) is 4.79 Å². The van der Waals surface area contributed by atoms with Crippen molar-refractivity contribution in [3.8, 4) is 11.4 Å². The minimum absolute atomic E-state index is 0.171. The Labute approximate surface area is 164 Å². The zero-order valence-corrected chi connectivity index (χ0v) is 16.0. The summed E-state index contributed by atoms with van der Waals surface area (Å²) in [4.78, 5) is 26.0. The van der Waals surface area contributed by atoms with Gasteiger partial charge in [0.15, 0.2) is 0 Å². The van der Waals surface area contributed by atoms with Crippen LogP contribution in [-0.4, -0.2) is 52.1 Å². The lowest BCUT2D eigenvalue weighted by atomic mass is 9.93. The van der Waals surface area contributed by atoms with Crippen molar-refractivity contribution in [3.63, 3.8) is 0 Å². The summed E-state index contributed by atoms with van der Waals surface area (Å²) >= 11 is 0. The zero-order valence-electron chi connectivity index (χ0n) is 16.0. The highest BCUT2D eigenvalue weighted by molar-refractivity contribution is 5.79. The van der Waals surface area contributed by atoms with Crippen LogP contribution in [0.1, 0.15) is 43.9 Å². The molecule has 0 N–H and O–H groups in total. The van der Waals surface area contributed by atoms with Gasteiger partial charge in [0.25, 0.3) is 0 Å². The Kier molecular flexibility index (Phi) is 4.58. The monoisotopic (exact) mass is 379 g/mol. The SMILES string of the molecule is O=C(C1CC=CCC1)N1CCN(c2ccc(-c3noc(C4CC4)n3)cn2)CC1. The lowest BCUT2D eigenvalue weighted by Gasteiger charge is -2.37. The number of piperazine rings is 1. The topological polar surface area (TPSA) is 75.4 Å². The van der Waals surface area contributed by atoms with E-state index in [-0.39, 0.29) is 5.92 Å². The van der Waals surface area contributed by atoms with Gasteiger partial charge in [-0.3, -0.25) is 4.79 Å². The number of aromatic nitrogens is 3. The first-order chi connectivity index (χ1) is 13.8. The van der Waals surface area contributed by atoms with Crippen molar-refractivity contribution in [2.75, 3.05) is 31.1 Å². The Morgan fingerprint density at radius 1 is 1.07 bits per heavy atom. The second kappa shape index (κ2) is 7.37. The number of carbonyl (C=O) groups excluding carboxylic acids is 1. The van der Waals surface area contributed by atoms with Crippen LogP contribution in [0.2, 0.25) is 0 Å². The van der Waals surface area contributed by atoms with Gasteiger partial charge in [-0.05, 0) is 44.2 Å². The van der Waals surface area contributed by atoms with Crippen molar-refractivity contribution in [1.82, 2.24) is 20.0 Å². The molecule has 7 nitrogen and oxygen atoms in total. The number of hydrogen-bond acceptors (Lipinski definition) is 6. The van der Waals surface area contributed by atoms with Gasteiger partial charge in [-0.25, -0.2) is 4.98 Å². The zero-order chi connectivity index (χ0) is 18.9. The van der Waals surface area contributed by atoms with Crippen LogP contribution >= 0.6 is 0 Å². The maximum Gasteiger partial charge on any atom is 0.230 e. The van der Waals surface area contributed by atoms with Crippen LogP contribution in [0.5, 0.6) is 0 Å². The normalized spacial score (nSPS) is 22.5. The highest BCUT2D eigenvalue weighted by atomic mass is 16.5. The van der Waals surface area contributed by atoms with Gasteiger partial charge in [-0.1, -0.05) is 17.3 Å². The molecule has 2 aliphatic carbocycles. The highest BCUT2D eigenvalue weighted by Crippen LogP contribution is 2.39. The Bertz CT molecular complexity index is 863. The number of allylic oxidation sites excluding steroid dienone is 2. The Morgan fingerprint density at radius 2 is 1.93 bits per heavy atom. The molecule has 7 heteroatoms. The van der Waals surface area contributed by atoms with E-state index >= 15 is 0 Å². The molecule has 0 spiro atoms. The van der Waals surface area contributed by atoms with Crippen LogP contribution in [0.25, 0.3) is 11.4 Å². The second-order valence-electron chi connectivity index (χ2n) is 7.93. The fourth-order valence-electron chi connectivity index (χ4n) is 3.99. The Balaban J connectivity index is 1.19. The fourth-order valence-corrected chi connectivity index (χ4v) is 3.99. The standard InChI is InChI=1S/C21H25N5O2/c27-21(16-4-2-1-3-5-16)26-12-10-25(11-13-26)18-9-8-17(14-22-18)19-23-20(28-24-19)15-6-7-15/h1-2,8-9,14-16H,3-7,10-13H2. The smallest absolute Gasteiger partial charge is 0.230 e. The van der Waals surface area contributed by atoms with E-state index in [1.807, 2.05) is 23.2 Å². The Morgan fingerprint density at radius 3 is 2.61 bits per heavy atom. The third kappa shape index (κ3) is 3.53. The van der Waals surface area contributed by atoms with Gasteiger partial charge in [-0.2, -0.15) is 4.98 Å². The first-order valence-electron chi connectivity index (χ1n) is 10.3. The predicted molar refractivity (Wildman–Crippen MR) is 105 cm³/mol. The van der Waals surface area contributed by atoms with Crippen molar-refractivity contribution in [2.24, 2.45) is 5.92 Å². The lowest BCUT2D eigenvalue weighted by molar-refractivity contribution is -0.136. The molecule has 146 valence electrons. The maximum absolute atomic E-state index is 12.7. The highest BCUT2D eigenvalue weighted by Gasteiger charge is 2.30. The maximum atomic E-state index is 12.7. The van der Waals surface area contributed by atoms with Gasteiger partial charge in [0.2, 0.25) is 17.6 Å². The molecule has 1 aliphatic heterocycles. The molecule has 0 radical (unpaired) electrons. The van der Waals surface area contributed by atoms with Gasteiger partial charge in [0.05, 0.1) is 0 Å².